The number of likely N-dealkylation sites (tertiary alicyclic amines) is 1. The number of aryl methyl sites for hydroxylation is 1. The number of hydrogen-bond donors (Lipinski definition) is 0. The van der Waals surface area contributed by atoms with E-state index >= 15 is 0 Å². The summed E-state index contributed by atoms with van der Waals surface area (Å²) < 4.78 is 25.2. The highest BCUT2D eigenvalue weighted by molar-refractivity contribution is 7.93. The van der Waals surface area contributed by atoms with Crippen molar-refractivity contribution in [3.63, 3.8) is 0 Å². The Bertz CT molecular complexity index is 557. The van der Waals surface area contributed by atoms with E-state index in [9.17, 15) is 8.42 Å². The molecule has 4 heteroatoms. The lowest BCUT2D eigenvalue weighted by Crippen LogP contribution is -2.50. The van der Waals surface area contributed by atoms with Crippen molar-refractivity contribution in [1.29, 1.82) is 0 Å². The average Bonchev–Trinajstić information content (AvgIpc) is 2.38. The Balaban J connectivity index is 2.06. The molecule has 2 aliphatic heterocycles. The maximum absolute atomic E-state index is 12.9. The number of rotatable bonds is 0. The SMILES string of the molecule is CN1CCC2(CCc3ccccc3S2(=O)=O)CC1. The third-order valence-electron chi connectivity index (χ3n) is 4.58. The maximum atomic E-state index is 12.9. The summed E-state index contributed by atoms with van der Waals surface area (Å²) in [5.41, 5.74) is 1.00. The molecule has 2 heterocycles. The Morgan fingerprint density at radius 2 is 1.78 bits per heavy atom. The van der Waals surface area contributed by atoms with Crippen LogP contribution in [0.5, 0.6) is 0 Å². The molecular weight excluding hydrogens is 246 g/mol. The lowest BCUT2D eigenvalue weighted by Gasteiger charge is -2.42. The number of hydrogen-bond acceptors (Lipinski definition) is 3. The summed E-state index contributed by atoms with van der Waals surface area (Å²) in [4.78, 5) is 2.81. The van der Waals surface area contributed by atoms with Crippen molar-refractivity contribution in [1.82, 2.24) is 4.90 Å². The molecule has 0 N–H and O–H groups in total. The molecule has 1 fully saturated rings. The van der Waals surface area contributed by atoms with Crippen LogP contribution in [-0.4, -0.2) is 38.2 Å². The first-order valence-electron chi connectivity index (χ1n) is 6.56. The van der Waals surface area contributed by atoms with Crippen LogP contribution in [-0.2, 0) is 16.3 Å². The van der Waals surface area contributed by atoms with Crippen LogP contribution in [0.25, 0.3) is 0 Å². The summed E-state index contributed by atoms with van der Waals surface area (Å²) in [7, 11) is -1.09. The zero-order valence-electron chi connectivity index (χ0n) is 10.7. The number of nitrogens with zero attached hydrogens (tertiary/aromatic N) is 1. The predicted octanol–water partition coefficient (Wildman–Crippen LogP) is 1.87. The van der Waals surface area contributed by atoms with Crippen LogP contribution in [0, 0.1) is 0 Å². The number of sulfone groups is 1. The van der Waals surface area contributed by atoms with Gasteiger partial charge in [0.25, 0.3) is 0 Å². The Hall–Kier alpha value is -0.870. The first-order chi connectivity index (χ1) is 8.55. The molecule has 0 radical (unpaired) electrons. The molecule has 1 aromatic rings. The van der Waals surface area contributed by atoms with Crippen LogP contribution in [0.1, 0.15) is 24.8 Å². The quantitative estimate of drug-likeness (QED) is 0.718. The van der Waals surface area contributed by atoms with Gasteiger partial charge in [-0.3, -0.25) is 0 Å². The van der Waals surface area contributed by atoms with Gasteiger partial charge in [-0.25, -0.2) is 8.42 Å². The van der Waals surface area contributed by atoms with Gasteiger partial charge in [0.2, 0.25) is 0 Å². The van der Waals surface area contributed by atoms with E-state index in [-0.39, 0.29) is 0 Å². The van der Waals surface area contributed by atoms with Crippen molar-refractivity contribution < 1.29 is 8.42 Å². The summed E-state index contributed by atoms with van der Waals surface area (Å²) >= 11 is 0. The molecule has 18 heavy (non-hydrogen) atoms. The van der Waals surface area contributed by atoms with Gasteiger partial charge < -0.3 is 4.90 Å². The Morgan fingerprint density at radius 3 is 2.50 bits per heavy atom. The monoisotopic (exact) mass is 265 g/mol. The van der Waals surface area contributed by atoms with Crippen LogP contribution >= 0.6 is 0 Å². The second kappa shape index (κ2) is 4.07. The lowest BCUT2D eigenvalue weighted by atomic mass is 9.89. The second-order valence-corrected chi connectivity index (χ2v) is 7.91. The van der Waals surface area contributed by atoms with E-state index in [1.807, 2.05) is 18.2 Å². The standard InChI is InChI=1S/C14H19NO2S/c1-15-10-8-14(9-11-15)7-6-12-4-2-3-5-13(12)18(14,16)17/h2-5H,6-11H2,1H3. The molecule has 1 spiro atoms. The average molecular weight is 265 g/mol. The normalized spacial score (nSPS) is 25.8. The minimum Gasteiger partial charge on any atom is -0.306 e. The summed E-state index contributed by atoms with van der Waals surface area (Å²) in [6, 6.07) is 7.50. The predicted molar refractivity (Wildman–Crippen MR) is 71.4 cm³/mol. The fourth-order valence-corrected chi connectivity index (χ4v) is 5.58. The van der Waals surface area contributed by atoms with Crippen LogP contribution in [0.4, 0.5) is 0 Å². The molecule has 1 saturated heterocycles. The lowest BCUT2D eigenvalue weighted by molar-refractivity contribution is 0.223. The summed E-state index contributed by atoms with van der Waals surface area (Å²) in [6.07, 6.45) is 3.25. The van der Waals surface area contributed by atoms with E-state index in [0.29, 0.717) is 4.90 Å². The zero-order valence-corrected chi connectivity index (χ0v) is 11.5. The van der Waals surface area contributed by atoms with Crippen LogP contribution < -0.4 is 0 Å². The van der Waals surface area contributed by atoms with Gasteiger partial charge in [0.15, 0.2) is 9.84 Å². The molecule has 0 aromatic heterocycles. The maximum Gasteiger partial charge on any atom is 0.184 e. The van der Waals surface area contributed by atoms with Crippen molar-refractivity contribution in [2.75, 3.05) is 20.1 Å². The highest BCUT2D eigenvalue weighted by atomic mass is 32.2. The molecule has 1 aromatic carbocycles. The Kier molecular flexibility index (Phi) is 2.75. The third-order valence-corrected chi connectivity index (χ3v) is 7.31. The minimum absolute atomic E-state index is 0.492. The van der Waals surface area contributed by atoms with Crippen LogP contribution in [0.3, 0.4) is 0 Å². The van der Waals surface area contributed by atoms with E-state index in [2.05, 4.69) is 11.9 Å². The highest BCUT2D eigenvalue weighted by Crippen LogP contribution is 2.43. The molecule has 0 saturated carbocycles. The summed E-state index contributed by atoms with van der Waals surface area (Å²) in [5, 5.41) is 0. The largest absolute Gasteiger partial charge is 0.306 e. The molecule has 2 aliphatic rings. The number of benzene rings is 1. The number of fused-ring (bicyclic) bond motifs is 1. The molecule has 0 bridgehead atoms. The van der Waals surface area contributed by atoms with E-state index < -0.39 is 14.6 Å². The van der Waals surface area contributed by atoms with Gasteiger partial charge in [-0.05, 0) is 57.5 Å². The molecule has 3 nitrogen and oxygen atoms in total. The zero-order chi connectivity index (χ0) is 12.8. The van der Waals surface area contributed by atoms with Crippen molar-refractivity contribution in [3.05, 3.63) is 29.8 Å². The Morgan fingerprint density at radius 1 is 1.11 bits per heavy atom. The van der Waals surface area contributed by atoms with Crippen LogP contribution in [0.2, 0.25) is 0 Å². The van der Waals surface area contributed by atoms with Gasteiger partial charge >= 0.3 is 0 Å². The van der Waals surface area contributed by atoms with Gasteiger partial charge in [-0.15, -0.1) is 0 Å². The molecule has 0 unspecified atom stereocenters. The molecule has 0 amide bonds. The minimum atomic E-state index is -3.16. The van der Waals surface area contributed by atoms with E-state index in [4.69, 9.17) is 0 Å². The van der Waals surface area contributed by atoms with E-state index in [0.717, 1.165) is 44.3 Å². The van der Waals surface area contributed by atoms with Crippen molar-refractivity contribution in [2.45, 2.75) is 35.3 Å². The molecule has 3 rings (SSSR count). The molecule has 0 aliphatic carbocycles. The first-order valence-corrected chi connectivity index (χ1v) is 8.05. The van der Waals surface area contributed by atoms with Gasteiger partial charge in [0.05, 0.1) is 9.64 Å². The van der Waals surface area contributed by atoms with Crippen molar-refractivity contribution >= 4 is 9.84 Å². The fraction of sp³-hybridized carbons (Fsp3) is 0.571. The fourth-order valence-electron chi connectivity index (χ4n) is 3.25. The molecule has 0 atom stereocenters. The van der Waals surface area contributed by atoms with Crippen LogP contribution in [0.15, 0.2) is 29.2 Å². The molecule has 98 valence electrons. The van der Waals surface area contributed by atoms with Gasteiger partial charge in [0.1, 0.15) is 0 Å². The smallest absolute Gasteiger partial charge is 0.184 e. The second-order valence-electron chi connectivity index (χ2n) is 5.60. The summed E-state index contributed by atoms with van der Waals surface area (Å²) in [5.74, 6) is 0. The van der Waals surface area contributed by atoms with Gasteiger partial charge in [0, 0.05) is 0 Å². The topological polar surface area (TPSA) is 37.4 Å². The first kappa shape index (κ1) is 12.2. The third kappa shape index (κ3) is 1.62. The van der Waals surface area contributed by atoms with E-state index in [1.165, 1.54) is 0 Å². The number of piperidine rings is 1. The highest BCUT2D eigenvalue weighted by Gasteiger charge is 2.48. The van der Waals surface area contributed by atoms with Gasteiger partial charge in [-0.1, -0.05) is 18.2 Å². The van der Waals surface area contributed by atoms with Crippen molar-refractivity contribution in [2.24, 2.45) is 0 Å². The van der Waals surface area contributed by atoms with Gasteiger partial charge in [-0.2, -0.15) is 0 Å². The van der Waals surface area contributed by atoms with Crippen molar-refractivity contribution in [3.8, 4) is 0 Å². The van der Waals surface area contributed by atoms with E-state index in [1.54, 1.807) is 6.07 Å². The Labute approximate surface area is 109 Å². The molecular formula is C14H19NO2S. The summed E-state index contributed by atoms with van der Waals surface area (Å²) in [6.45, 7) is 1.78.